The highest BCUT2D eigenvalue weighted by atomic mass is 16.3. The second-order valence-electron chi connectivity index (χ2n) is 4.98. The first-order valence-electron chi connectivity index (χ1n) is 6.60. The topological polar surface area (TPSA) is 75.5 Å². The van der Waals surface area contributed by atoms with Crippen LogP contribution in [0.15, 0.2) is 22.6 Å². The molecule has 2 aromatic rings. The van der Waals surface area contributed by atoms with Gasteiger partial charge in [0.1, 0.15) is 5.52 Å². The fourth-order valence-electron chi connectivity index (χ4n) is 2.02. The molecule has 1 aromatic heterocycles. The fraction of sp³-hybridized carbons (Fsp3) is 0.500. The van der Waals surface area contributed by atoms with Gasteiger partial charge in [-0.1, -0.05) is 0 Å². The van der Waals surface area contributed by atoms with Crippen molar-refractivity contribution < 1.29 is 9.52 Å². The van der Waals surface area contributed by atoms with Crippen LogP contribution in [0, 0.1) is 0 Å². The number of nitrogens with zero attached hydrogens (tertiary/aromatic N) is 2. The normalized spacial score (nSPS) is 11.8. The average molecular weight is 263 g/mol. The maximum absolute atomic E-state index is 8.93. The first-order chi connectivity index (χ1) is 9.10. The van der Waals surface area contributed by atoms with Gasteiger partial charge in [-0.05, 0) is 32.4 Å². The lowest BCUT2D eigenvalue weighted by Gasteiger charge is -2.24. The molecule has 104 valence electrons. The molecule has 0 aliphatic rings. The molecule has 0 aliphatic carbocycles. The second-order valence-corrected chi connectivity index (χ2v) is 4.98. The van der Waals surface area contributed by atoms with E-state index in [-0.39, 0.29) is 6.61 Å². The number of hydrogen-bond acceptors (Lipinski definition) is 5. The van der Waals surface area contributed by atoms with Gasteiger partial charge in [-0.25, -0.2) is 4.98 Å². The summed E-state index contributed by atoms with van der Waals surface area (Å²) >= 11 is 0. The molecule has 0 radical (unpaired) electrons. The van der Waals surface area contributed by atoms with Crippen molar-refractivity contribution in [2.45, 2.75) is 32.9 Å². The van der Waals surface area contributed by atoms with Crippen molar-refractivity contribution in [2.75, 3.05) is 18.9 Å². The molecule has 5 heteroatoms. The number of nitrogens with two attached hydrogens (primary N) is 1. The van der Waals surface area contributed by atoms with Crippen molar-refractivity contribution in [2.24, 2.45) is 0 Å². The summed E-state index contributed by atoms with van der Waals surface area (Å²) in [6.45, 7) is 5.92. The summed E-state index contributed by atoms with van der Waals surface area (Å²) in [5.74, 6) is 0.687. The summed E-state index contributed by atoms with van der Waals surface area (Å²) in [5, 5.41) is 8.93. The first kappa shape index (κ1) is 13.8. The number of fused-ring (bicyclic) bond motifs is 1. The standard InChI is InChI=1S/C14H21N3O2/c1-10(2)17(6-3-7-18)9-14-16-12-5-4-11(15)8-13(12)19-14/h4-5,8,10,18H,3,6-7,9,15H2,1-2H3. The fourth-order valence-corrected chi connectivity index (χ4v) is 2.02. The van der Waals surface area contributed by atoms with Crippen LogP contribution < -0.4 is 5.73 Å². The lowest BCUT2D eigenvalue weighted by Crippen LogP contribution is -2.31. The number of aliphatic hydroxyl groups is 1. The summed E-state index contributed by atoms with van der Waals surface area (Å²) in [6, 6.07) is 5.86. The Kier molecular flexibility index (Phi) is 4.39. The molecule has 0 bridgehead atoms. The highest BCUT2D eigenvalue weighted by Gasteiger charge is 2.14. The van der Waals surface area contributed by atoms with E-state index >= 15 is 0 Å². The van der Waals surface area contributed by atoms with Crippen LogP contribution in [0.1, 0.15) is 26.2 Å². The Bertz CT molecular complexity index is 536. The lowest BCUT2D eigenvalue weighted by molar-refractivity contribution is 0.172. The Morgan fingerprint density at radius 2 is 2.21 bits per heavy atom. The average Bonchev–Trinajstić information content (AvgIpc) is 2.75. The minimum Gasteiger partial charge on any atom is -0.439 e. The zero-order chi connectivity index (χ0) is 13.8. The molecular weight excluding hydrogens is 242 g/mol. The summed E-state index contributed by atoms with van der Waals surface area (Å²) in [7, 11) is 0. The molecule has 0 aliphatic heterocycles. The van der Waals surface area contributed by atoms with E-state index in [9.17, 15) is 0 Å². The maximum Gasteiger partial charge on any atom is 0.209 e. The van der Waals surface area contributed by atoms with Gasteiger partial charge in [-0.2, -0.15) is 0 Å². The van der Waals surface area contributed by atoms with Gasteiger partial charge in [0.25, 0.3) is 0 Å². The number of aliphatic hydroxyl groups excluding tert-OH is 1. The van der Waals surface area contributed by atoms with Gasteiger partial charge >= 0.3 is 0 Å². The lowest BCUT2D eigenvalue weighted by atomic mass is 10.3. The molecule has 19 heavy (non-hydrogen) atoms. The molecule has 0 unspecified atom stereocenters. The van der Waals surface area contributed by atoms with E-state index in [4.69, 9.17) is 15.3 Å². The summed E-state index contributed by atoms with van der Waals surface area (Å²) < 4.78 is 5.71. The summed E-state index contributed by atoms with van der Waals surface area (Å²) in [4.78, 5) is 6.68. The van der Waals surface area contributed by atoms with Crippen LogP contribution in [0.4, 0.5) is 5.69 Å². The van der Waals surface area contributed by atoms with Crippen LogP contribution in [0.25, 0.3) is 11.1 Å². The Morgan fingerprint density at radius 3 is 2.89 bits per heavy atom. The predicted octanol–water partition coefficient (Wildman–Crippen LogP) is 2.00. The van der Waals surface area contributed by atoms with Gasteiger partial charge in [0.2, 0.25) is 5.89 Å². The Balaban J connectivity index is 2.14. The van der Waals surface area contributed by atoms with Crippen molar-refractivity contribution >= 4 is 16.8 Å². The van der Waals surface area contributed by atoms with E-state index in [1.165, 1.54) is 0 Å². The van der Waals surface area contributed by atoms with Gasteiger partial charge in [0, 0.05) is 30.9 Å². The molecule has 0 saturated carbocycles. The van der Waals surface area contributed by atoms with E-state index in [0.29, 0.717) is 24.2 Å². The Morgan fingerprint density at radius 1 is 1.42 bits per heavy atom. The van der Waals surface area contributed by atoms with E-state index in [1.54, 1.807) is 6.07 Å². The molecule has 5 nitrogen and oxygen atoms in total. The quantitative estimate of drug-likeness (QED) is 0.780. The molecule has 0 atom stereocenters. The minimum atomic E-state index is 0.202. The maximum atomic E-state index is 8.93. The highest BCUT2D eigenvalue weighted by molar-refractivity contribution is 5.76. The monoisotopic (exact) mass is 263 g/mol. The van der Waals surface area contributed by atoms with Crippen LogP contribution in [0.2, 0.25) is 0 Å². The first-order valence-corrected chi connectivity index (χ1v) is 6.60. The molecule has 3 N–H and O–H groups in total. The number of anilines is 1. The third kappa shape index (κ3) is 3.45. The van der Waals surface area contributed by atoms with Gasteiger partial charge in [-0.15, -0.1) is 0 Å². The largest absolute Gasteiger partial charge is 0.439 e. The van der Waals surface area contributed by atoms with Crippen molar-refractivity contribution in [3.8, 4) is 0 Å². The van der Waals surface area contributed by atoms with Gasteiger partial charge in [0.15, 0.2) is 5.58 Å². The molecular formula is C14H21N3O2. The van der Waals surface area contributed by atoms with Crippen LogP contribution in [-0.2, 0) is 6.54 Å². The molecule has 2 rings (SSSR count). The zero-order valence-corrected chi connectivity index (χ0v) is 11.5. The molecule has 0 saturated heterocycles. The van der Waals surface area contributed by atoms with Crippen molar-refractivity contribution in [1.29, 1.82) is 0 Å². The van der Waals surface area contributed by atoms with Crippen molar-refractivity contribution in [3.05, 3.63) is 24.1 Å². The van der Waals surface area contributed by atoms with Crippen molar-refractivity contribution in [3.63, 3.8) is 0 Å². The smallest absolute Gasteiger partial charge is 0.209 e. The molecule has 1 aromatic carbocycles. The number of benzene rings is 1. The molecule has 0 spiro atoms. The predicted molar refractivity (Wildman–Crippen MR) is 75.7 cm³/mol. The molecule has 0 amide bonds. The number of oxazole rings is 1. The van der Waals surface area contributed by atoms with Crippen LogP contribution in [0.3, 0.4) is 0 Å². The van der Waals surface area contributed by atoms with Crippen LogP contribution in [-0.4, -0.2) is 34.2 Å². The minimum absolute atomic E-state index is 0.202. The van der Waals surface area contributed by atoms with E-state index in [1.807, 2.05) is 12.1 Å². The van der Waals surface area contributed by atoms with Crippen molar-refractivity contribution in [1.82, 2.24) is 9.88 Å². The summed E-state index contributed by atoms with van der Waals surface area (Å²) in [5.41, 5.74) is 7.95. The second kappa shape index (κ2) is 6.04. The number of hydrogen-bond donors (Lipinski definition) is 2. The van der Waals surface area contributed by atoms with Crippen LogP contribution >= 0.6 is 0 Å². The van der Waals surface area contributed by atoms with Gasteiger partial charge < -0.3 is 15.3 Å². The van der Waals surface area contributed by atoms with E-state index in [2.05, 4.69) is 23.7 Å². The number of aromatic nitrogens is 1. The van der Waals surface area contributed by atoms with Crippen LogP contribution in [0.5, 0.6) is 0 Å². The Hall–Kier alpha value is -1.59. The molecule has 1 heterocycles. The SMILES string of the molecule is CC(C)N(CCCO)Cc1nc2ccc(N)cc2o1. The van der Waals surface area contributed by atoms with Gasteiger partial charge in [-0.3, -0.25) is 4.90 Å². The molecule has 0 fully saturated rings. The zero-order valence-electron chi connectivity index (χ0n) is 11.5. The summed E-state index contributed by atoms with van der Waals surface area (Å²) in [6.07, 6.45) is 0.755. The third-order valence-corrected chi connectivity index (χ3v) is 3.13. The number of rotatable bonds is 6. The highest BCUT2D eigenvalue weighted by Crippen LogP contribution is 2.19. The van der Waals surface area contributed by atoms with E-state index in [0.717, 1.165) is 24.1 Å². The Labute approximate surface area is 113 Å². The number of nitrogen functional groups attached to an aromatic ring is 1. The third-order valence-electron chi connectivity index (χ3n) is 3.13. The van der Waals surface area contributed by atoms with Gasteiger partial charge in [0.05, 0.1) is 6.54 Å². The van der Waals surface area contributed by atoms with E-state index < -0.39 is 0 Å².